The van der Waals surface area contributed by atoms with Crippen molar-refractivity contribution in [3.8, 4) is 0 Å². The molecular weight excluding hydrogens is 500 g/mol. The van der Waals surface area contributed by atoms with E-state index in [2.05, 4.69) is 15.6 Å². The number of guanidine groups is 1. The van der Waals surface area contributed by atoms with E-state index in [1.165, 1.54) is 12.1 Å². The maximum Gasteiger partial charge on any atom is 0.251 e. The third kappa shape index (κ3) is 8.36. The number of carbonyl (C=O) groups excluding carboxylic acids is 2. The first-order chi connectivity index (χ1) is 13.9. The molecule has 0 unspecified atom stereocenters. The Morgan fingerprint density at radius 1 is 1.03 bits per heavy atom. The zero-order chi connectivity index (χ0) is 21.2. The summed E-state index contributed by atoms with van der Waals surface area (Å²) < 4.78 is 13.1. The molecule has 0 radical (unpaired) electrons. The van der Waals surface area contributed by atoms with Gasteiger partial charge < -0.3 is 21.3 Å². The van der Waals surface area contributed by atoms with Crippen LogP contribution in [0.1, 0.15) is 28.4 Å². The van der Waals surface area contributed by atoms with Crippen LogP contribution in [0.2, 0.25) is 0 Å². The Morgan fingerprint density at radius 3 is 2.20 bits per heavy atom. The van der Waals surface area contributed by atoms with Crippen LogP contribution >= 0.6 is 24.0 Å². The first kappa shape index (κ1) is 25.3. The highest BCUT2D eigenvalue weighted by molar-refractivity contribution is 14.0. The zero-order valence-corrected chi connectivity index (χ0v) is 19.4. The number of nitrogens with two attached hydrogens (primary N) is 1. The monoisotopic (exact) mass is 527 g/mol. The topological polar surface area (TPSA) is 99.8 Å². The van der Waals surface area contributed by atoms with E-state index in [4.69, 9.17) is 5.73 Å². The lowest BCUT2D eigenvalue weighted by Gasteiger charge is -2.22. The van der Waals surface area contributed by atoms with E-state index in [9.17, 15) is 14.0 Å². The zero-order valence-electron chi connectivity index (χ0n) is 17.0. The smallest absolute Gasteiger partial charge is 0.251 e. The Kier molecular flexibility index (Phi) is 10.8. The molecule has 0 heterocycles. The predicted molar refractivity (Wildman–Crippen MR) is 126 cm³/mol. The van der Waals surface area contributed by atoms with Gasteiger partial charge >= 0.3 is 0 Å². The molecule has 0 saturated heterocycles. The molecule has 0 atom stereocenters. The number of primary amides is 1. The van der Waals surface area contributed by atoms with Gasteiger partial charge in [-0.15, -0.1) is 24.0 Å². The molecule has 30 heavy (non-hydrogen) atoms. The summed E-state index contributed by atoms with van der Waals surface area (Å²) in [6.07, 6.45) is 0. The molecule has 162 valence electrons. The number of hydrogen-bond donors (Lipinski definition) is 3. The maximum absolute atomic E-state index is 13.1. The van der Waals surface area contributed by atoms with Gasteiger partial charge in [0.1, 0.15) is 5.82 Å². The van der Waals surface area contributed by atoms with E-state index in [1.807, 2.05) is 31.0 Å². The lowest BCUT2D eigenvalue weighted by Crippen LogP contribution is -2.38. The van der Waals surface area contributed by atoms with Crippen LogP contribution in [0.25, 0.3) is 0 Å². The van der Waals surface area contributed by atoms with Crippen molar-refractivity contribution in [3.05, 3.63) is 71.0 Å². The molecule has 0 aromatic heterocycles. The summed E-state index contributed by atoms with van der Waals surface area (Å²) in [4.78, 5) is 29.2. The Balaban J connectivity index is 0.00000450. The highest BCUT2D eigenvalue weighted by atomic mass is 127. The largest absolute Gasteiger partial charge is 0.368 e. The second-order valence-electron chi connectivity index (χ2n) is 6.50. The van der Waals surface area contributed by atoms with Crippen molar-refractivity contribution in [1.29, 1.82) is 0 Å². The number of rotatable bonds is 8. The summed E-state index contributed by atoms with van der Waals surface area (Å²) in [5.74, 6) is -0.486. The van der Waals surface area contributed by atoms with Gasteiger partial charge in [-0.05, 0) is 42.3 Å². The number of nitrogens with zero attached hydrogens (tertiary/aromatic N) is 2. The molecule has 2 aromatic carbocycles. The molecule has 0 spiro atoms. The normalized spacial score (nSPS) is 10.7. The van der Waals surface area contributed by atoms with E-state index in [0.717, 1.165) is 17.1 Å². The van der Waals surface area contributed by atoms with Crippen LogP contribution in [0.15, 0.2) is 53.5 Å². The summed E-state index contributed by atoms with van der Waals surface area (Å²) in [6, 6.07) is 13.3. The summed E-state index contributed by atoms with van der Waals surface area (Å²) in [5, 5.41) is 5.68. The quantitative estimate of drug-likeness (QED) is 0.279. The summed E-state index contributed by atoms with van der Waals surface area (Å²) in [6.45, 7) is 3.52. The second kappa shape index (κ2) is 12.8. The molecule has 7 nitrogen and oxygen atoms in total. The van der Waals surface area contributed by atoms with Crippen LogP contribution in [0, 0.1) is 5.82 Å². The van der Waals surface area contributed by atoms with E-state index >= 15 is 0 Å². The fourth-order valence-corrected chi connectivity index (χ4v) is 2.61. The number of aliphatic imine (C=N–C) groups is 1. The molecule has 4 N–H and O–H groups in total. The first-order valence-electron chi connectivity index (χ1n) is 9.28. The number of carbonyl (C=O) groups is 2. The van der Waals surface area contributed by atoms with Crippen LogP contribution in [-0.4, -0.2) is 42.8 Å². The van der Waals surface area contributed by atoms with Gasteiger partial charge in [0.05, 0.1) is 13.1 Å². The van der Waals surface area contributed by atoms with Crippen LogP contribution in [-0.2, 0) is 17.9 Å². The van der Waals surface area contributed by atoms with Crippen molar-refractivity contribution in [3.63, 3.8) is 0 Å². The minimum atomic E-state index is -0.593. The summed E-state index contributed by atoms with van der Waals surface area (Å²) >= 11 is 0. The molecule has 2 rings (SSSR count). The maximum atomic E-state index is 13.1. The van der Waals surface area contributed by atoms with Gasteiger partial charge in [0, 0.05) is 25.7 Å². The van der Waals surface area contributed by atoms with Gasteiger partial charge in [0.25, 0.3) is 5.91 Å². The fourth-order valence-electron chi connectivity index (χ4n) is 2.61. The molecule has 0 saturated carbocycles. The van der Waals surface area contributed by atoms with Crippen LogP contribution in [0.3, 0.4) is 0 Å². The minimum absolute atomic E-state index is 0. The molecule has 0 aliphatic heterocycles. The molecular formula is C21H27FIN5O2. The van der Waals surface area contributed by atoms with Crippen molar-refractivity contribution in [2.75, 3.05) is 20.1 Å². The Morgan fingerprint density at radius 2 is 1.63 bits per heavy atom. The van der Waals surface area contributed by atoms with Gasteiger partial charge in [0.2, 0.25) is 5.91 Å². The molecule has 0 bridgehead atoms. The minimum Gasteiger partial charge on any atom is -0.368 e. The predicted octanol–water partition coefficient (Wildman–Crippen LogP) is 2.26. The van der Waals surface area contributed by atoms with Crippen molar-refractivity contribution in [2.24, 2.45) is 10.7 Å². The molecule has 9 heteroatoms. The highest BCUT2D eigenvalue weighted by Crippen LogP contribution is 2.08. The lowest BCUT2D eigenvalue weighted by atomic mass is 10.1. The van der Waals surface area contributed by atoms with Gasteiger partial charge in [-0.2, -0.15) is 0 Å². The van der Waals surface area contributed by atoms with Gasteiger partial charge in [-0.3, -0.25) is 9.59 Å². The third-order valence-corrected chi connectivity index (χ3v) is 4.08. The molecule has 2 aromatic rings. The molecule has 0 aliphatic carbocycles. The van der Waals surface area contributed by atoms with Gasteiger partial charge in [-0.1, -0.05) is 24.3 Å². The number of halogens is 2. The van der Waals surface area contributed by atoms with Crippen LogP contribution in [0.4, 0.5) is 4.39 Å². The standard InChI is InChI=1S/C21H26FN5O2.HI/c1-3-24-21(27(2)14-16-6-10-18(22)11-7-16)26-12-15-4-8-17(9-5-15)20(29)25-13-19(23)28;/h4-11H,3,12-14H2,1-2H3,(H2,23,28)(H,24,26)(H,25,29);1H. The van der Waals surface area contributed by atoms with Crippen LogP contribution < -0.4 is 16.4 Å². The number of nitrogens with one attached hydrogen (secondary N) is 2. The third-order valence-electron chi connectivity index (χ3n) is 4.08. The van der Waals surface area contributed by atoms with Crippen molar-refractivity contribution >= 4 is 41.8 Å². The molecule has 2 amide bonds. The number of amides is 2. The van der Waals surface area contributed by atoms with E-state index in [0.29, 0.717) is 25.2 Å². The Labute approximate surface area is 193 Å². The van der Waals surface area contributed by atoms with E-state index in [1.54, 1.807) is 24.3 Å². The van der Waals surface area contributed by atoms with Crippen LogP contribution in [0.5, 0.6) is 0 Å². The summed E-state index contributed by atoms with van der Waals surface area (Å²) in [7, 11) is 1.91. The SMILES string of the molecule is CCNC(=NCc1ccc(C(=O)NCC(N)=O)cc1)N(C)Cc1ccc(F)cc1.I. The average molecular weight is 527 g/mol. The Bertz CT molecular complexity index is 857. The highest BCUT2D eigenvalue weighted by Gasteiger charge is 2.08. The lowest BCUT2D eigenvalue weighted by molar-refractivity contribution is -0.117. The van der Waals surface area contributed by atoms with Crippen molar-refractivity contribution in [1.82, 2.24) is 15.5 Å². The number of benzene rings is 2. The molecule has 0 fully saturated rings. The second-order valence-corrected chi connectivity index (χ2v) is 6.50. The van der Waals surface area contributed by atoms with Crippen molar-refractivity contribution < 1.29 is 14.0 Å². The first-order valence-corrected chi connectivity index (χ1v) is 9.28. The van der Waals surface area contributed by atoms with E-state index in [-0.39, 0.29) is 42.2 Å². The van der Waals surface area contributed by atoms with E-state index < -0.39 is 5.91 Å². The fraction of sp³-hybridized carbons (Fsp3) is 0.286. The molecule has 0 aliphatic rings. The number of hydrogen-bond acceptors (Lipinski definition) is 3. The van der Waals surface area contributed by atoms with Gasteiger partial charge in [0.15, 0.2) is 5.96 Å². The van der Waals surface area contributed by atoms with Crippen molar-refractivity contribution in [2.45, 2.75) is 20.0 Å². The van der Waals surface area contributed by atoms with Gasteiger partial charge in [-0.25, -0.2) is 9.38 Å². The Hall–Kier alpha value is -2.69. The average Bonchev–Trinajstić information content (AvgIpc) is 2.71. The summed E-state index contributed by atoms with van der Waals surface area (Å²) in [5.41, 5.74) is 7.37.